The Balaban J connectivity index is 0.000000133. The predicted molar refractivity (Wildman–Crippen MR) is 213 cm³/mol. The van der Waals surface area contributed by atoms with Crippen LogP contribution in [0.25, 0.3) is 93.5 Å². The van der Waals surface area contributed by atoms with Crippen LogP contribution >= 0.6 is 0 Å². The van der Waals surface area contributed by atoms with E-state index in [2.05, 4.69) is 156 Å². The smallest absolute Gasteiger partial charge is 0.261 e. The molecule has 0 fully saturated rings. The molecular formula is C49H27N6V2+. The zero-order chi connectivity index (χ0) is 35.2. The second-order valence-corrected chi connectivity index (χ2v) is 16.2. The van der Waals surface area contributed by atoms with E-state index in [-0.39, 0.29) is 37.1 Å². The summed E-state index contributed by atoms with van der Waals surface area (Å²) in [5.74, 6) is 0. The first-order valence-corrected chi connectivity index (χ1v) is 19.3. The molecule has 12 aromatic rings. The van der Waals surface area contributed by atoms with Crippen LogP contribution in [0, 0.1) is 12.1 Å². The number of fused-ring (bicyclic) bond motifs is 5. The van der Waals surface area contributed by atoms with Crippen molar-refractivity contribution >= 4 is 82.4 Å². The fourth-order valence-electron chi connectivity index (χ4n) is 12.2. The van der Waals surface area contributed by atoms with Gasteiger partial charge in [0.25, 0.3) is 11.3 Å². The minimum Gasteiger partial charge on any atom is -0.261 e. The normalized spacial score (nSPS) is 16.1. The van der Waals surface area contributed by atoms with E-state index in [1.807, 2.05) is 18.2 Å². The van der Waals surface area contributed by atoms with Gasteiger partial charge in [0.05, 0.1) is 57.6 Å². The molecule has 8 heteroatoms. The van der Waals surface area contributed by atoms with Crippen LogP contribution in [0.5, 0.6) is 0 Å². The number of imidazole rings is 3. The van der Waals surface area contributed by atoms with E-state index in [1.165, 1.54) is 121 Å². The molecule has 0 saturated carbocycles. The molecule has 1 aliphatic carbocycles. The van der Waals surface area contributed by atoms with E-state index in [1.54, 1.807) is 0 Å². The third-order valence-corrected chi connectivity index (χ3v) is 14.1. The van der Waals surface area contributed by atoms with Crippen LogP contribution < -0.4 is 13.5 Å². The average molecular weight is 802 g/mol. The maximum Gasteiger partial charge on any atom is 0.309 e. The summed E-state index contributed by atoms with van der Waals surface area (Å²) in [5.41, 5.74) is 21.1. The molecule has 57 heavy (non-hydrogen) atoms. The van der Waals surface area contributed by atoms with E-state index in [0.717, 1.165) is 6.42 Å². The van der Waals surface area contributed by atoms with Gasteiger partial charge in [0.2, 0.25) is 5.65 Å². The van der Waals surface area contributed by atoms with Gasteiger partial charge >= 0.3 is 5.66 Å². The van der Waals surface area contributed by atoms with Gasteiger partial charge in [-0.2, -0.15) is 48.3 Å². The van der Waals surface area contributed by atoms with Gasteiger partial charge in [-0.3, -0.25) is 8.97 Å². The molecule has 17 rings (SSSR count). The zero-order valence-electron chi connectivity index (χ0n) is 30.5. The molecule has 0 bridgehead atoms. The summed E-state index contributed by atoms with van der Waals surface area (Å²) in [6, 6.07) is 47.6. The predicted octanol–water partition coefficient (Wildman–Crippen LogP) is 8.24. The summed E-state index contributed by atoms with van der Waals surface area (Å²) in [6.45, 7) is 2.24. The third-order valence-electron chi connectivity index (χ3n) is 14.1. The van der Waals surface area contributed by atoms with Crippen molar-refractivity contribution in [2.75, 3.05) is 0 Å². The first kappa shape index (κ1) is 31.2. The number of nitrogens with zero attached hydrogens (tertiary/aromatic N) is 6. The molecule has 6 aromatic heterocycles. The summed E-state index contributed by atoms with van der Waals surface area (Å²) in [6.07, 6.45) is 7.74. The van der Waals surface area contributed by atoms with E-state index in [0.29, 0.717) is 6.04 Å². The van der Waals surface area contributed by atoms with Gasteiger partial charge < -0.3 is 0 Å². The van der Waals surface area contributed by atoms with Crippen molar-refractivity contribution in [2.45, 2.75) is 25.0 Å². The minimum absolute atomic E-state index is 0. The maximum atomic E-state index is 3.42. The minimum atomic E-state index is -0.443. The van der Waals surface area contributed by atoms with Crippen LogP contribution in [-0.4, -0.2) is 13.4 Å². The molecule has 1 atom stereocenters. The molecule has 1 unspecified atom stereocenters. The molecule has 0 N–H and O–H groups in total. The van der Waals surface area contributed by atoms with Crippen LogP contribution in [0.2, 0.25) is 0 Å². The van der Waals surface area contributed by atoms with Crippen molar-refractivity contribution in [1.82, 2.24) is 13.4 Å². The largest absolute Gasteiger partial charge is 0.309 e. The Hall–Kier alpha value is -5.88. The topological polar surface area (TPSA) is 25.6 Å². The Morgan fingerprint density at radius 2 is 1.25 bits per heavy atom. The molecule has 2 radical (unpaired) electrons. The number of benzene rings is 6. The van der Waals surface area contributed by atoms with Crippen molar-refractivity contribution in [3.8, 4) is 11.1 Å². The van der Waals surface area contributed by atoms with Gasteiger partial charge in [-0.25, -0.2) is 0 Å². The molecule has 6 aromatic carbocycles. The SMILES string of the molecule is CC1c2[c-]ccc3cc[n+]4c5ccc[c-]c5n1c4c23.[V].[V].c1cc2c3c(c1)ccn1c4ccc5c6c4[n+](c31)C21c2cccc3ccn4c7ccc(c-6c7[n+]1c4c23)C5. The van der Waals surface area contributed by atoms with Gasteiger partial charge in [0.1, 0.15) is 0 Å². The number of aromatic nitrogens is 6. The van der Waals surface area contributed by atoms with Crippen LogP contribution in [-0.2, 0) is 49.2 Å². The fourth-order valence-corrected chi connectivity index (χ4v) is 12.2. The standard InChI is InChI=1S/C32H16N4.C17H11N2.2V/c1-3-16-11-13-33-22-9-7-18-15-19-8-10-23-29-27(19)26(18)28(22)35-30(33)24(16)20(5-1)32(35)21-6-2-4-17-12-14-34(23)31(25(17)21)36(29)32;1-11-13-6-4-5-12-9-10-18-14-7-2-3-8-15(14)19(11)17(18)16(12)13;;/h1-14H,15H2;2-5,7,9-11H,1H3;;/q+2;-1;;. The summed E-state index contributed by atoms with van der Waals surface area (Å²) in [5, 5.41) is 8.02. The molecule has 10 heterocycles. The van der Waals surface area contributed by atoms with Gasteiger partial charge in [-0.05, 0) is 83.1 Å². The Labute approximate surface area is 348 Å². The summed E-state index contributed by atoms with van der Waals surface area (Å²) in [4.78, 5) is 0. The Kier molecular flexibility index (Phi) is 5.37. The number of pyridine rings is 3. The average Bonchev–Trinajstić information content (AvgIpc) is 4.07. The van der Waals surface area contributed by atoms with Crippen molar-refractivity contribution in [1.29, 1.82) is 0 Å². The van der Waals surface area contributed by atoms with Crippen molar-refractivity contribution in [2.24, 2.45) is 0 Å². The molecule has 5 aliphatic rings. The number of hydrogen-bond acceptors (Lipinski definition) is 0. The molecule has 1 spiro atoms. The Bertz CT molecular complexity index is 3790. The molecule has 0 amide bonds. The first-order valence-electron chi connectivity index (χ1n) is 19.3. The Morgan fingerprint density at radius 3 is 1.89 bits per heavy atom. The summed E-state index contributed by atoms with van der Waals surface area (Å²) < 4.78 is 15.0. The van der Waals surface area contributed by atoms with Gasteiger partial charge in [-0.1, -0.05) is 36.4 Å². The molecule has 262 valence electrons. The third kappa shape index (κ3) is 3.02. The van der Waals surface area contributed by atoms with Crippen LogP contribution in [0.1, 0.15) is 40.8 Å². The monoisotopic (exact) mass is 801 g/mol. The Morgan fingerprint density at radius 1 is 0.614 bits per heavy atom. The maximum absolute atomic E-state index is 3.42. The first-order chi connectivity index (χ1) is 27.2. The van der Waals surface area contributed by atoms with Gasteiger partial charge in [0.15, 0.2) is 22.1 Å². The van der Waals surface area contributed by atoms with E-state index in [9.17, 15) is 0 Å². The second kappa shape index (κ2) is 9.79. The van der Waals surface area contributed by atoms with E-state index in [4.69, 9.17) is 0 Å². The molecule has 4 aliphatic heterocycles. The zero-order valence-corrected chi connectivity index (χ0v) is 33.3. The van der Waals surface area contributed by atoms with Crippen LogP contribution in [0.15, 0.2) is 128 Å². The van der Waals surface area contributed by atoms with Crippen molar-refractivity contribution in [3.63, 3.8) is 0 Å². The van der Waals surface area contributed by atoms with E-state index < -0.39 is 5.66 Å². The quantitative estimate of drug-likeness (QED) is 0.109. The van der Waals surface area contributed by atoms with Crippen LogP contribution in [0.4, 0.5) is 0 Å². The number of para-hydroxylation sites is 1. The van der Waals surface area contributed by atoms with E-state index >= 15 is 0 Å². The molecule has 0 saturated heterocycles. The van der Waals surface area contributed by atoms with Gasteiger partial charge in [-0.15, -0.1) is 23.1 Å². The summed E-state index contributed by atoms with van der Waals surface area (Å²) in [7, 11) is 0. The fraction of sp³-hybridized carbons (Fsp3) is 0.0816. The molecular weight excluding hydrogens is 774 g/mol. The number of hydrogen-bond donors (Lipinski definition) is 0. The van der Waals surface area contributed by atoms with Crippen molar-refractivity contribution < 1.29 is 50.6 Å². The number of rotatable bonds is 0. The van der Waals surface area contributed by atoms with Crippen molar-refractivity contribution in [3.05, 3.63) is 168 Å². The van der Waals surface area contributed by atoms with Crippen LogP contribution in [0.3, 0.4) is 0 Å². The second-order valence-electron chi connectivity index (χ2n) is 16.2. The molecule has 6 nitrogen and oxygen atoms in total. The van der Waals surface area contributed by atoms with Gasteiger partial charge in [0, 0.05) is 48.2 Å². The summed E-state index contributed by atoms with van der Waals surface area (Å²) >= 11 is 0.